The van der Waals surface area contributed by atoms with E-state index in [0.717, 1.165) is 15.4 Å². The minimum atomic E-state index is -0.138. The van der Waals surface area contributed by atoms with E-state index in [0.29, 0.717) is 11.3 Å². The van der Waals surface area contributed by atoms with Crippen LogP contribution in [0.4, 0.5) is 0 Å². The van der Waals surface area contributed by atoms with Gasteiger partial charge in [0.25, 0.3) is 5.91 Å². The van der Waals surface area contributed by atoms with Crippen molar-refractivity contribution < 1.29 is 9.53 Å². The van der Waals surface area contributed by atoms with Gasteiger partial charge in [-0.25, -0.2) is 0 Å². The highest BCUT2D eigenvalue weighted by molar-refractivity contribution is 9.10. The quantitative estimate of drug-likeness (QED) is 0.680. The number of nitrogens with one attached hydrogen (secondary N) is 1. The second-order valence-electron chi connectivity index (χ2n) is 5.61. The third-order valence-electron chi connectivity index (χ3n) is 4.06. The lowest BCUT2D eigenvalue weighted by Crippen LogP contribution is -2.27. The molecule has 3 nitrogen and oxygen atoms in total. The smallest absolute Gasteiger partial charge is 0.253 e. The van der Waals surface area contributed by atoms with Crippen molar-refractivity contribution in [1.82, 2.24) is 5.32 Å². The molecule has 0 spiro atoms. The molecule has 0 fully saturated rings. The number of carbonyl (C=O) groups excluding carboxylic acids is 1. The molecule has 1 unspecified atom stereocenters. The first-order valence-electron chi connectivity index (χ1n) is 7.72. The van der Waals surface area contributed by atoms with Gasteiger partial charge in [0.2, 0.25) is 0 Å². The van der Waals surface area contributed by atoms with Crippen molar-refractivity contribution in [2.45, 2.75) is 13.0 Å². The van der Waals surface area contributed by atoms with Crippen LogP contribution in [0.5, 0.6) is 5.75 Å². The predicted molar refractivity (Wildman–Crippen MR) is 101 cm³/mol. The van der Waals surface area contributed by atoms with E-state index in [1.165, 1.54) is 5.39 Å². The van der Waals surface area contributed by atoms with E-state index >= 15 is 0 Å². The van der Waals surface area contributed by atoms with E-state index in [1.807, 2.05) is 43.3 Å². The SMILES string of the molecule is COc1ccc(Br)c(C(=O)NC(C)c2cccc3ccccc23)c1. The Morgan fingerprint density at radius 2 is 1.83 bits per heavy atom. The van der Waals surface area contributed by atoms with Gasteiger partial charge in [0.1, 0.15) is 5.75 Å². The zero-order valence-electron chi connectivity index (χ0n) is 13.5. The Morgan fingerprint density at radius 3 is 2.62 bits per heavy atom. The van der Waals surface area contributed by atoms with Crippen LogP contribution >= 0.6 is 15.9 Å². The fourth-order valence-corrected chi connectivity index (χ4v) is 3.21. The zero-order valence-corrected chi connectivity index (χ0v) is 15.1. The molecule has 0 heterocycles. The summed E-state index contributed by atoms with van der Waals surface area (Å²) in [4.78, 5) is 12.7. The summed E-state index contributed by atoms with van der Waals surface area (Å²) in [5.41, 5.74) is 1.65. The molecule has 3 aromatic carbocycles. The Kier molecular flexibility index (Phi) is 4.86. The molecule has 3 aromatic rings. The van der Waals surface area contributed by atoms with Crippen LogP contribution in [-0.2, 0) is 0 Å². The van der Waals surface area contributed by atoms with Gasteiger partial charge >= 0.3 is 0 Å². The number of carbonyl (C=O) groups is 1. The fourth-order valence-electron chi connectivity index (χ4n) is 2.79. The van der Waals surface area contributed by atoms with Crippen LogP contribution in [0, 0.1) is 0 Å². The van der Waals surface area contributed by atoms with Gasteiger partial charge in [-0.15, -0.1) is 0 Å². The number of hydrogen-bond acceptors (Lipinski definition) is 2. The summed E-state index contributed by atoms with van der Waals surface area (Å²) < 4.78 is 5.95. The van der Waals surface area contributed by atoms with Gasteiger partial charge in [0.15, 0.2) is 0 Å². The van der Waals surface area contributed by atoms with Crippen LogP contribution in [0.1, 0.15) is 28.9 Å². The first-order valence-corrected chi connectivity index (χ1v) is 8.51. The Labute approximate surface area is 149 Å². The summed E-state index contributed by atoms with van der Waals surface area (Å²) in [5, 5.41) is 5.39. The molecule has 0 aliphatic heterocycles. The van der Waals surface area contributed by atoms with Crippen LogP contribution in [-0.4, -0.2) is 13.0 Å². The van der Waals surface area contributed by atoms with Crippen molar-refractivity contribution in [1.29, 1.82) is 0 Å². The van der Waals surface area contributed by atoms with Crippen molar-refractivity contribution in [3.05, 3.63) is 76.3 Å². The summed E-state index contributed by atoms with van der Waals surface area (Å²) in [6.45, 7) is 1.99. The average molecular weight is 384 g/mol. The van der Waals surface area contributed by atoms with E-state index in [9.17, 15) is 4.79 Å². The third kappa shape index (κ3) is 3.29. The molecular weight excluding hydrogens is 366 g/mol. The Morgan fingerprint density at radius 1 is 1.08 bits per heavy atom. The zero-order chi connectivity index (χ0) is 17.1. The first kappa shape index (κ1) is 16.5. The second kappa shape index (κ2) is 7.05. The molecule has 3 rings (SSSR count). The minimum Gasteiger partial charge on any atom is -0.497 e. The highest BCUT2D eigenvalue weighted by Crippen LogP contribution is 2.26. The summed E-state index contributed by atoms with van der Waals surface area (Å²) >= 11 is 3.43. The molecule has 1 amide bonds. The maximum Gasteiger partial charge on any atom is 0.253 e. The summed E-state index contributed by atoms with van der Waals surface area (Å²) in [6.07, 6.45) is 0. The van der Waals surface area contributed by atoms with Crippen molar-refractivity contribution in [3.8, 4) is 5.75 Å². The van der Waals surface area contributed by atoms with Crippen LogP contribution in [0.15, 0.2) is 65.1 Å². The lowest BCUT2D eigenvalue weighted by Gasteiger charge is -2.17. The largest absolute Gasteiger partial charge is 0.497 e. The van der Waals surface area contributed by atoms with Gasteiger partial charge in [0, 0.05) is 4.47 Å². The number of rotatable bonds is 4. The lowest BCUT2D eigenvalue weighted by molar-refractivity contribution is 0.0939. The Bertz CT molecular complexity index is 886. The van der Waals surface area contributed by atoms with Crippen molar-refractivity contribution in [2.75, 3.05) is 7.11 Å². The molecule has 0 saturated heterocycles. The fraction of sp³-hybridized carbons (Fsp3) is 0.150. The van der Waals surface area contributed by atoms with Gasteiger partial charge in [-0.2, -0.15) is 0 Å². The molecule has 1 N–H and O–H groups in total. The van der Waals surface area contributed by atoms with E-state index < -0.39 is 0 Å². The van der Waals surface area contributed by atoms with Gasteiger partial charge in [0.05, 0.1) is 18.7 Å². The van der Waals surface area contributed by atoms with Gasteiger partial charge in [-0.1, -0.05) is 42.5 Å². The maximum absolute atomic E-state index is 12.7. The molecule has 122 valence electrons. The van der Waals surface area contributed by atoms with Crippen molar-refractivity contribution in [3.63, 3.8) is 0 Å². The Balaban J connectivity index is 1.89. The molecule has 0 aromatic heterocycles. The van der Waals surface area contributed by atoms with E-state index in [-0.39, 0.29) is 11.9 Å². The highest BCUT2D eigenvalue weighted by Gasteiger charge is 2.16. The molecule has 4 heteroatoms. The molecule has 0 aliphatic rings. The number of amides is 1. The predicted octanol–water partition coefficient (Wildman–Crippen LogP) is 5.10. The van der Waals surface area contributed by atoms with Gasteiger partial charge < -0.3 is 10.1 Å². The lowest BCUT2D eigenvalue weighted by atomic mass is 9.99. The van der Waals surface area contributed by atoms with Gasteiger partial charge in [-0.05, 0) is 57.4 Å². The van der Waals surface area contributed by atoms with Crippen LogP contribution in [0.25, 0.3) is 10.8 Å². The van der Waals surface area contributed by atoms with E-state index in [1.54, 1.807) is 13.2 Å². The average Bonchev–Trinajstić information content (AvgIpc) is 2.61. The monoisotopic (exact) mass is 383 g/mol. The standard InChI is InChI=1S/C20H18BrNO2/c1-13(16-9-5-7-14-6-3-4-8-17(14)16)22-20(23)18-12-15(24-2)10-11-19(18)21/h3-13H,1-2H3,(H,22,23). The minimum absolute atomic E-state index is 0.110. The van der Waals surface area contributed by atoms with Crippen molar-refractivity contribution >= 4 is 32.6 Å². The number of methoxy groups -OCH3 is 1. The first-order chi connectivity index (χ1) is 11.6. The summed E-state index contributed by atoms with van der Waals surface area (Å²) in [7, 11) is 1.59. The Hall–Kier alpha value is -2.33. The van der Waals surface area contributed by atoms with E-state index in [2.05, 4.69) is 39.4 Å². The number of fused-ring (bicyclic) bond motifs is 1. The van der Waals surface area contributed by atoms with Crippen molar-refractivity contribution in [2.24, 2.45) is 0 Å². The number of benzene rings is 3. The summed E-state index contributed by atoms with van der Waals surface area (Å²) in [5.74, 6) is 0.516. The molecule has 0 saturated carbocycles. The molecule has 0 bridgehead atoms. The normalized spacial score (nSPS) is 12.0. The maximum atomic E-state index is 12.7. The number of hydrogen-bond donors (Lipinski definition) is 1. The molecule has 1 atom stereocenters. The second-order valence-corrected chi connectivity index (χ2v) is 6.46. The van der Waals surface area contributed by atoms with Gasteiger partial charge in [-0.3, -0.25) is 4.79 Å². The molecule has 0 aliphatic carbocycles. The molecular formula is C20H18BrNO2. The van der Waals surface area contributed by atoms with Crippen LogP contribution < -0.4 is 10.1 Å². The number of ether oxygens (including phenoxy) is 1. The molecule has 0 radical (unpaired) electrons. The van der Waals surface area contributed by atoms with Crippen LogP contribution in [0.2, 0.25) is 0 Å². The highest BCUT2D eigenvalue weighted by atomic mass is 79.9. The topological polar surface area (TPSA) is 38.3 Å². The summed E-state index contributed by atoms with van der Waals surface area (Å²) in [6, 6.07) is 19.6. The molecule has 24 heavy (non-hydrogen) atoms. The number of halogens is 1. The third-order valence-corrected chi connectivity index (χ3v) is 4.75. The van der Waals surface area contributed by atoms with Crippen LogP contribution in [0.3, 0.4) is 0 Å². The van der Waals surface area contributed by atoms with E-state index in [4.69, 9.17) is 4.74 Å².